The summed E-state index contributed by atoms with van der Waals surface area (Å²) in [5.74, 6) is 0.176. The first-order valence-electron chi connectivity index (χ1n) is 8.63. The number of aromatic nitrogens is 2. The second-order valence-electron chi connectivity index (χ2n) is 6.75. The lowest BCUT2D eigenvalue weighted by Gasteiger charge is -2.38. The Labute approximate surface area is 146 Å². The minimum Gasteiger partial charge on any atom is -0.366 e. The van der Waals surface area contributed by atoms with E-state index in [0.29, 0.717) is 6.61 Å². The fraction of sp³-hybridized carbons (Fsp3) is 0.238. The van der Waals surface area contributed by atoms with Gasteiger partial charge in [0.1, 0.15) is 6.10 Å². The van der Waals surface area contributed by atoms with Gasteiger partial charge in [-0.25, -0.2) is 4.98 Å². The zero-order valence-corrected chi connectivity index (χ0v) is 13.7. The van der Waals surface area contributed by atoms with Crippen molar-refractivity contribution in [3.05, 3.63) is 78.2 Å². The predicted molar refractivity (Wildman–Crippen MR) is 93.9 cm³/mol. The second-order valence-corrected chi connectivity index (χ2v) is 6.75. The summed E-state index contributed by atoms with van der Waals surface area (Å²) in [6.07, 6.45) is 4.20. The van der Waals surface area contributed by atoms with E-state index in [4.69, 9.17) is 4.74 Å². The highest BCUT2D eigenvalue weighted by Gasteiger charge is 2.48. The van der Waals surface area contributed by atoms with Crippen LogP contribution < -0.4 is 0 Å². The molecule has 2 aliphatic rings. The molecule has 0 radical (unpaired) electrons. The summed E-state index contributed by atoms with van der Waals surface area (Å²) in [5.41, 5.74) is 4.61. The standard InChI is InChI=1S/C21H18N2O2/c24-21-17(10-19(21)25-12-14-6-2-1-3-7-14)20-16-9-5-4-8-15(16)18-11-22-13-23(18)20/h1-9,11,13,17,19-20H,10,12H2. The highest BCUT2D eigenvalue weighted by Crippen LogP contribution is 2.47. The van der Waals surface area contributed by atoms with Gasteiger partial charge in [-0.3, -0.25) is 4.79 Å². The predicted octanol–water partition coefficient (Wildman–Crippen LogP) is 3.63. The summed E-state index contributed by atoms with van der Waals surface area (Å²) in [4.78, 5) is 17.0. The molecule has 3 aromatic rings. The number of Topliss-reactive ketones (excluding diaryl/α,β-unsaturated/α-hetero) is 1. The van der Waals surface area contributed by atoms with Gasteiger partial charge in [-0.15, -0.1) is 0 Å². The number of benzene rings is 2. The number of carbonyl (C=O) groups is 1. The van der Waals surface area contributed by atoms with Gasteiger partial charge >= 0.3 is 0 Å². The van der Waals surface area contributed by atoms with Crippen LogP contribution in [0.15, 0.2) is 67.1 Å². The molecule has 0 bridgehead atoms. The average molecular weight is 330 g/mol. The molecule has 1 aliphatic heterocycles. The maximum absolute atomic E-state index is 12.8. The van der Waals surface area contributed by atoms with Gasteiger partial charge in [-0.2, -0.15) is 0 Å². The van der Waals surface area contributed by atoms with Gasteiger partial charge in [0.05, 0.1) is 30.9 Å². The number of hydrogen-bond acceptors (Lipinski definition) is 3. The number of carbonyl (C=O) groups excluding carboxylic acids is 1. The monoisotopic (exact) mass is 330 g/mol. The van der Waals surface area contributed by atoms with Gasteiger partial charge in [0.25, 0.3) is 0 Å². The van der Waals surface area contributed by atoms with Gasteiger partial charge in [0.15, 0.2) is 5.78 Å². The number of ether oxygens (including phenoxy) is 1. The van der Waals surface area contributed by atoms with E-state index in [-0.39, 0.29) is 23.8 Å². The van der Waals surface area contributed by atoms with Crippen LogP contribution in [-0.4, -0.2) is 21.4 Å². The highest BCUT2D eigenvalue weighted by atomic mass is 16.5. The zero-order chi connectivity index (χ0) is 16.8. The fourth-order valence-electron chi connectivity index (χ4n) is 4.03. The van der Waals surface area contributed by atoms with Crippen molar-refractivity contribution < 1.29 is 9.53 Å². The number of fused-ring (bicyclic) bond motifs is 3. The Kier molecular flexibility index (Phi) is 3.31. The van der Waals surface area contributed by atoms with Crippen molar-refractivity contribution in [2.45, 2.75) is 25.2 Å². The Morgan fingerprint density at radius 3 is 2.72 bits per heavy atom. The number of hydrogen-bond donors (Lipinski definition) is 0. The molecule has 5 rings (SSSR count). The Hall–Kier alpha value is -2.72. The van der Waals surface area contributed by atoms with E-state index >= 15 is 0 Å². The van der Waals surface area contributed by atoms with Gasteiger partial charge in [0, 0.05) is 11.5 Å². The molecule has 1 saturated carbocycles. The molecule has 3 atom stereocenters. The van der Waals surface area contributed by atoms with Crippen molar-refractivity contribution in [3.63, 3.8) is 0 Å². The summed E-state index contributed by atoms with van der Waals surface area (Å²) >= 11 is 0. The normalized spacial score (nSPS) is 23.8. The molecule has 0 N–H and O–H groups in total. The van der Waals surface area contributed by atoms with Gasteiger partial charge < -0.3 is 9.30 Å². The lowest BCUT2D eigenvalue weighted by Crippen LogP contribution is -2.47. The molecule has 3 unspecified atom stereocenters. The Balaban J connectivity index is 1.34. The van der Waals surface area contributed by atoms with Gasteiger partial charge in [-0.1, -0.05) is 54.6 Å². The SMILES string of the molecule is O=C1C(OCc2ccccc2)CC1C1c2ccccc2-c2cncn21. The summed E-state index contributed by atoms with van der Waals surface area (Å²) in [6, 6.07) is 18.3. The number of imidazole rings is 1. The van der Waals surface area contributed by atoms with Gasteiger partial charge in [-0.05, 0) is 17.5 Å². The van der Waals surface area contributed by atoms with Crippen LogP contribution in [0.5, 0.6) is 0 Å². The van der Waals surface area contributed by atoms with Crippen molar-refractivity contribution >= 4 is 5.78 Å². The van der Waals surface area contributed by atoms with Crippen molar-refractivity contribution in [2.75, 3.05) is 0 Å². The summed E-state index contributed by atoms with van der Waals surface area (Å²) in [5, 5.41) is 0. The molecule has 2 heterocycles. The quantitative estimate of drug-likeness (QED) is 0.734. The first-order valence-corrected chi connectivity index (χ1v) is 8.63. The van der Waals surface area contributed by atoms with E-state index in [9.17, 15) is 4.79 Å². The van der Waals surface area contributed by atoms with Crippen LogP contribution in [0, 0.1) is 5.92 Å². The van der Waals surface area contributed by atoms with E-state index in [0.717, 1.165) is 17.7 Å². The van der Waals surface area contributed by atoms with Crippen LogP contribution in [0.3, 0.4) is 0 Å². The number of ketones is 1. The molecular formula is C21H18N2O2. The van der Waals surface area contributed by atoms with E-state index in [1.807, 2.05) is 55.0 Å². The third-order valence-electron chi connectivity index (χ3n) is 5.35. The maximum atomic E-state index is 12.8. The van der Waals surface area contributed by atoms with E-state index in [1.165, 1.54) is 11.1 Å². The molecular weight excluding hydrogens is 312 g/mol. The van der Waals surface area contributed by atoms with Crippen molar-refractivity contribution in [1.82, 2.24) is 9.55 Å². The highest BCUT2D eigenvalue weighted by molar-refractivity contribution is 5.93. The summed E-state index contributed by atoms with van der Waals surface area (Å²) in [6.45, 7) is 0.488. The van der Waals surface area contributed by atoms with Crippen molar-refractivity contribution in [1.29, 1.82) is 0 Å². The minimum atomic E-state index is -0.287. The van der Waals surface area contributed by atoms with E-state index in [1.54, 1.807) is 0 Å². The van der Waals surface area contributed by atoms with E-state index in [2.05, 4.69) is 21.7 Å². The Morgan fingerprint density at radius 2 is 1.88 bits per heavy atom. The molecule has 1 fully saturated rings. The first kappa shape index (κ1) is 14.6. The molecule has 4 nitrogen and oxygen atoms in total. The van der Waals surface area contributed by atoms with Crippen LogP contribution in [0.4, 0.5) is 0 Å². The molecule has 0 amide bonds. The maximum Gasteiger partial charge on any atom is 0.167 e. The molecule has 124 valence electrons. The van der Waals surface area contributed by atoms with E-state index < -0.39 is 0 Å². The third kappa shape index (κ3) is 2.25. The van der Waals surface area contributed by atoms with Gasteiger partial charge in [0.2, 0.25) is 0 Å². The number of nitrogens with zero attached hydrogens (tertiary/aromatic N) is 2. The van der Waals surface area contributed by atoms with Crippen LogP contribution in [0.2, 0.25) is 0 Å². The first-order chi connectivity index (χ1) is 12.3. The Morgan fingerprint density at radius 1 is 1.08 bits per heavy atom. The average Bonchev–Trinajstić information content (AvgIpc) is 3.23. The molecule has 25 heavy (non-hydrogen) atoms. The molecule has 0 saturated heterocycles. The topological polar surface area (TPSA) is 44.1 Å². The molecule has 4 heteroatoms. The van der Waals surface area contributed by atoms with Crippen LogP contribution in [0.1, 0.15) is 23.6 Å². The van der Waals surface area contributed by atoms with Crippen molar-refractivity contribution in [3.8, 4) is 11.3 Å². The minimum absolute atomic E-state index is 0.0302. The molecule has 1 aromatic heterocycles. The molecule has 0 spiro atoms. The largest absolute Gasteiger partial charge is 0.366 e. The van der Waals surface area contributed by atoms with Crippen LogP contribution >= 0.6 is 0 Å². The summed E-state index contributed by atoms with van der Waals surface area (Å²) < 4.78 is 7.99. The van der Waals surface area contributed by atoms with Crippen molar-refractivity contribution in [2.24, 2.45) is 5.92 Å². The fourth-order valence-corrected chi connectivity index (χ4v) is 4.03. The zero-order valence-electron chi connectivity index (χ0n) is 13.7. The summed E-state index contributed by atoms with van der Waals surface area (Å²) in [7, 11) is 0. The Bertz CT molecular complexity index is 932. The molecule has 1 aliphatic carbocycles. The number of rotatable bonds is 4. The van der Waals surface area contributed by atoms with Crippen LogP contribution in [-0.2, 0) is 16.1 Å². The van der Waals surface area contributed by atoms with Crippen LogP contribution in [0.25, 0.3) is 11.3 Å². The molecule has 2 aromatic carbocycles. The second kappa shape index (κ2) is 5.67. The lowest BCUT2D eigenvalue weighted by atomic mass is 9.73. The smallest absolute Gasteiger partial charge is 0.167 e. The lowest BCUT2D eigenvalue weighted by molar-refractivity contribution is -0.151. The third-order valence-corrected chi connectivity index (χ3v) is 5.35.